The number of methoxy groups -OCH3 is 2. The molecule has 1 heterocycles. The lowest BCUT2D eigenvalue weighted by Gasteiger charge is -2.28. The Morgan fingerprint density at radius 2 is 1.48 bits per heavy atom. The first-order chi connectivity index (χ1) is 15.9. The molecule has 0 aliphatic rings. The van der Waals surface area contributed by atoms with Crippen molar-refractivity contribution in [2.24, 2.45) is 0 Å². The maximum atomic E-state index is 13.5. The summed E-state index contributed by atoms with van der Waals surface area (Å²) in [4.78, 5) is 29.6. The van der Waals surface area contributed by atoms with Crippen LogP contribution in [0.3, 0.4) is 0 Å². The Labute approximate surface area is 194 Å². The van der Waals surface area contributed by atoms with E-state index in [2.05, 4.69) is 10.4 Å². The summed E-state index contributed by atoms with van der Waals surface area (Å²) >= 11 is 5.32. The second-order valence-electron chi connectivity index (χ2n) is 7.21. The zero-order valence-electron chi connectivity index (χ0n) is 17.9. The highest BCUT2D eigenvalue weighted by Gasteiger charge is 2.40. The average Bonchev–Trinajstić information content (AvgIpc) is 2.86. The minimum atomic E-state index is -2.07. The predicted octanol–water partition coefficient (Wildman–Crippen LogP) is 3.08. The van der Waals surface area contributed by atoms with Crippen molar-refractivity contribution in [1.29, 1.82) is 0 Å². The maximum Gasteiger partial charge on any atom is 0.281 e. The van der Waals surface area contributed by atoms with E-state index in [0.717, 1.165) is 4.68 Å². The summed E-state index contributed by atoms with van der Waals surface area (Å²) in [6.45, 7) is 0. The number of aliphatic hydroxyl groups is 1. The molecular formula is C24H21N3O5S. The summed E-state index contributed by atoms with van der Waals surface area (Å²) in [6.07, 6.45) is 0. The molecule has 3 aromatic carbocycles. The van der Waals surface area contributed by atoms with E-state index in [1.54, 1.807) is 66.7 Å². The van der Waals surface area contributed by atoms with Crippen LogP contribution in [0.4, 0.5) is 0 Å². The zero-order chi connectivity index (χ0) is 23.6. The van der Waals surface area contributed by atoms with Gasteiger partial charge in [-0.3, -0.25) is 15.0 Å². The largest absolute Gasteiger partial charge is 0.493 e. The number of aromatic amines is 1. The first kappa shape index (κ1) is 22.3. The molecule has 0 fully saturated rings. The van der Waals surface area contributed by atoms with Gasteiger partial charge in [0.1, 0.15) is 0 Å². The molecule has 0 saturated heterocycles. The predicted molar refractivity (Wildman–Crippen MR) is 127 cm³/mol. The van der Waals surface area contributed by atoms with Gasteiger partial charge in [0, 0.05) is 6.07 Å². The Bertz CT molecular complexity index is 1390. The third-order valence-electron chi connectivity index (χ3n) is 5.33. The van der Waals surface area contributed by atoms with Gasteiger partial charge in [0.2, 0.25) is 0 Å². The highest BCUT2D eigenvalue weighted by Crippen LogP contribution is 2.31. The smallest absolute Gasteiger partial charge is 0.281 e. The van der Waals surface area contributed by atoms with Crippen LogP contribution >= 0.6 is 12.2 Å². The molecular weight excluding hydrogens is 442 g/mol. The number of nitrogens with one attached hydrogen (secondary N) is 2. The molecule has 168 valence electrons. The van der Waals surface area contributed by atoms with Crippen molar-refractivity contribution < 1.29 is 19.4 Å². The van der Waals surface area contributed by atoms with E-state index in [9.17, 15) is 14.7 Å². The Kier molecular flexibility index (Phi) is 5.99. The number of ether oxygens (including phenoxy) is 2. The number of rotatable bonds is 6. The number of carbonyl (C=O) groups excluding carboxylic acids is 1. The fraction of sp³-hybridized carbons (Fsp3) is 0.125. The van der Waals surface area contributed by atoms with E-state index < -0.39 is 17.1 Å². The van der Waals surface area contributed by atoms with Crippen molar-refractivity contribution in [3.63, 3.8) is 0 Å². The molecule has 1 aromatic heterocycles. The quantitative estimate of drug-likeness (QED) is 0.380. The first-order valence-corrected chi connectivity index (χ1v) is 10.4. The van der Waals surface area contributed by atoms with E-state index in [0.29, 0.717) is 28.1 Å². The van der Waals surface area contributed by atoms with Crippen LogP contribution in [-0.4, -0.2) is 34.9 Å². The van der Waals surface area contributed by atoms with Gasteiger partial charge in [-0.25, -0.2) is 0 Å². The Hall–Kier alpha value is -3.95. The number of carbonyl (C=O) groups is 1. The highest BCUT2D eigenvalue weighted by molar-refractivity contribution is 7.71. The molecule has 0 saturated carbocycles. The fourth-order valence-corrected chi connectivity index (χ4v) is 3.85. The molecule has 9 heteroatoms. The van der Waals surface area contributed by atoms with E-state index >= 15 is 0 Å². The summed E-state index contributed by atoms with van der Waals surface area (Å²) in [6, 6.07) is 20.0. The van der Waals surface area contributed by atoms with Crippen LogP contribution in [0.5, 0.6) is 11.5 Å². The van der Waals surface area contributed by atoms with Crippen molar-refractivity contribution in [3.05, 3.63) is 99.0 Å². The van der Waals surface area contributed by atoms with Crippen LogP contribution in [0.2, 0.25) is 0 Å². The van der Waals surface area contributed by atoms with Gasteiger partial charge >= 0.3 is 0 Å². The lowest BCUT2D eigenvalue weighted by Crippen LogP contribution is -2.47. The number of nitrogens with zero attached hydrogens (tertiary/aromatic N) is 1. The molecule has 0 aliphatic carbocycles. The van der Waals surface area contributed by atoms with Crippen LogP contribution in [0, 0.1) is 4.77 Å². The van der Waals surface area contributed by atoms with Gasteiger partial charge in [0.25, 0.3) is 11.5 Å². The van der Waals surface area contributed by atoms with Gasteiger partial charge in [-0.1, -0.05) is 60.7 Å². The van der Waals surface area contributed by atoms with E-state index in [4.69, 9.17) is 21.7 Å². The SMILES string of the molecule is COc1cc2[nH]c(=S)n(NC(=O)C(O)(c3ccccc3)c3ccccc3)c(=O)c2cc1OC. The molecule has 3 N–H and O–H groups in total. The minimum absolute atomic E-state index is 0.0588. The molecule has 0 bridgehead atoms. The molecule has 4 aromatic rings. The van der Waals surface area contributed by atoms with Crippen molar-refractivity contribution in [2.45, 2.75) is 5.60 Å². The molecule has 0 radical (unpaired) electrons. The topological polar surface area (TPSA) is 106 Å². The van der Waals surface area contributed by atoms with Gasteiger partial charge in [-0.2, -0.15) is 4.68 Å². The van der Waals surface area contributed by atoms with Crippen LogP contribution < -0.4 is 20.5 Å². The van der Waals surface area contributed by atoms with Gasteiger partial charge in [-0.05, 0) is 29.4 Å². The Morgan fingerprint density at radius 1 is 0.970 bits per heavy atom. The van der Waals surface area contributed by atoms with Gasteiger partial charge in [0.05, 0.1) is 25.1 Å². The Morgan fingerprint density at radius 3 is 2.00 bits per heavy atom. The Balaban J connectivity index is 1.85. The molecule has 1 amide bonds. The summed E-state index contributed by atoms with van der Waals surface area (Å²) in [7, 11) is 2.93. The number of hydrogen-bond acceptors (Lipinski definition) is 6. The van der Waals surface area contributed by atoms with Crippen molar-refractivity contribution >= 4 is 29.0 Å². The van der Waals surface area contributed by atoms with Crippen LogP contribution in [0.25, 0.3) is 10.9 Å². The number of hydrogen-bond donors (Lipinski definition) is 3. The summed E-state index contributed by atoms with van der Waals surface area (Å²) in [5.74, 6) is -0.0868. The fourth-order valence-electron chi connectivity index (χ4n) is 3.61. The molecule has 0 aliphatic heterocycles. The van der Waals surface area contributed by atoms with Gasteiger partial charge < -0.3 is 19.6 Å². The number of fused-ring (bicyclic) bond motifs is 1. The molecule has 0 unspecified atom stereocenters. The van der Waals surface area contributed by atoms with Crippen LogP contribution in [-0.2, 0) is 10.4 Å². The summed E-state index contributed by atoms with van der Waals surface area (Å²) in [5.41, 5.74) is 0.903. The van der Waals surface area contributed by atoms with Crippen LogP contribution in [0.1, 0.15) is 11.1 Å². The van der Waals surface area contributed by atoms with Crippen molar-refractivity contribution in [1.82, 2.24) is 9.66 Å². The van der Waals surface area contributed by atoms with E-state index in [-0.39, 0.29) is 10.2 Å². The highest BCUT2D eigenvalue weighted by atomic mass is 32.1. The van der Waals surface area contributed by atoms with Gasteiger partial charge in [-0.15, -0.1) is 0 Å². The van der Waals surface area contributed by atoms with Gasteiger partial charge in [0.15, 0.2) is 21.9 Å². The number of aromatic nitrogens is 2. The monoisotopic (exact) mass is 463 g/mol. The number of amides is 1. The third-order valence-corrected chi connectivity index (χ3v) is 5.61. The zero-order valence-corrected chi connectivity index (χ0v) is 18.7. The van der Waals surface area contributed by atoms with E-state index in [1.165, 1.54) is 20.3 Å². The average molecular weight is 464 g/mol. The third kappa shape index (κ3) is 3.88. The lowest BCUT2D eigenvalue weighted by atomic mass is 9.85. The normalized spacial score (nSPS) is 11.2. The maximum absolute atomic E-state index is 13.5. The summed E-state index contributed by atoms with van der Waals surface area (Å²) in [5, 5.41) is 11.8. The molecule has 8 nitrogen and oxygen atoms in total. The standard InChI is InChI=1S/C24H21N3O5S/c1-31-19-13-17-18(14-20(19)32-2)25-23(33)27(21(17)28)26-22(29)24(30,15-9-5-3-6-10-15)16-11-7-4-8-12-16/h3-14,30H,1-2H3,(H,25,33)(H,26,29). The molecule has 4 rings (SSSR count). The second kappa shape index (κ2) is 8.89. The minimum Gasteiger partial charge on any atom is -0.493 e. The lowest BCUT2D eigenvalue weighted by molar-refractivity contribution is -0.132. The van der Waals surface area contributed by atoms with Crippen LogP contribution in [0.15, 0.2) is 77.6 Å². The first-order valence-electron chi connectivity index (χ1n) is 9.96. The summed E-state index contributed by atoms with van der Waals surface area (Å²) < 4.78 is 11.4. The number of benzene rings is 3. The number of H-pyrrole nitrogens is 1. The molecule has 0 atom stereocenters. The van der Waals surface area contributed by atoms with Crippen molar-refractivity contribution in [2.75, 3.05) is 19.6 Å². The van der Waals surface area contributed by atoms with Crippen molar-refractivity contribution in [3.8, 4) is 11.5 Å². The molecule has 0 spiro atoms. The molecule has 33 heavy (non-hydrogen) atoms. The second-order valence-corrected chi connectivity index (χ2v) is 7.59. The van der Waals surface area contributed by atoms with E-state index in [1.807, 2.05) is 0 Å².